The normalized spacial score (nSPS) is 10.7. The second-order valence-electron chi connectivity index (χ2n) is 4.94. The van der Waals surface area contributed by atoms with E-state index < -0.39 is 0 Å². The highest BCUT2D eigenvalue weighted by molar-refractivity contribution is 7.99. The van der Waals surface area contributed by atoms with Gasteiger partial charge in [0, 0.05) is 12.7 Å². The Morgan fingerprint density at radius 2 is 2.04 bits per heavy atom. The minimum Gasteiger partial charge on any atom is -0.351 e. The van der Waals surface area contributed by atoms with Crippen LogP contribution in [0.1, 0.15) is 11.4 Å². The molecular weight excluding hydrogens is 312 g/mol. The fourth-order valence-corrected chi connectivity index (χ4v) is 2.66. The number of hydrogen-bond donors (Lipinski definition) is 3. The lowest BCUT2D eigenvalue weighted by Crippen LogP contribution is -2.24. The van der Waals surface area contributed by atoms with E-state index in [1.807, 2.05) is 37.3 Å². The quantitative estimate of drug-likeness (QED) is 0.600. The van der Waals surface area contributed by atoms with Gasteiger partial charge >= 0.3 is 0 Å². The molecule has 1 aromatic carbocycles. The van der Waals surface area contributed by atoms with Gasteiger partial charge in [0.05, 0.1) is 11.4 Å². The van der Waals surface area contributed by atoms with Gasteiger partial charge in [-0.25, -0.2) is 4.98 Å². The summed E-state index contributed by atoms with van der Waals surface area (Å²) in [6.45, 7) is 2.32. The summed E-state index contributed by atoms with van der Waals surface area (Å²) in [7, 11) is 0. The van der Waals surface area contributed by atoms with Gasteiger partial charge in [-0.15, -0.1) is 5.10 Å². The lowest BCUT2D eigenvalue weighted by Gasteiger charge is -2.05. The van der Waals surface area contributed by atoms with Crippen LogP contribution in [0.25, 0.3) is 11.3 Å². The molecule has 3 aromatic rings. The van der Waals surface area contributed by atoms with Crippen molar-refractivity contribution in [3.05, 3.63) is 47.9 Å². The van der Waals surface area contributed by atoms with Gasteiger partial charge in [-0.3, -0.25) is 15.0 Å². The van der Waals surface area contributed by atoms with Gasteiger partial charge in [-0.1, -0.05) is 36.0 Å². The van der Waals surface area contributed by atoms with E-state index in [2.05, 4.69) is 30.7 Å². The van der Waals surface area contributed by atoms with E-state index in [1.54, 1.807) is 6.20 Å². The number of H-pyrrole nitrogens is 2. The summed E-state index contributed by atoms with van der Waals surface area (Å²) in [6.07, 6.45) is 1.72. The van der Waals surface area contributed by atoms with Gasteiger partial charge in [-0.2, -0.15) is 5.10 Å². The van der Waals surface area contributed by atoms with Crippen LogP contribution in [0.5, 0.6) is 0 Å². The van der Waals surface area contributed by atoms with Crippen molar-refractivity contribution in [1.82, 2.24) is 30.7 Å². The van der Waals surface area contributed by atoms with Crippen molar-refractivity contribution in [1.29, 1.82) is 0 Å². The summed E-state index contributed by atoms with van der Waals surface area (Å²) in [5.74, 6) is 0.990. The van der Waals surface area contributed by atoms with E-state index in [1.165, 1.54) is 11.8 Å². The first-order valence-electron chi connectivity index (χ1n) is 7.08. The lowest BCUT2D eigenvalue weighted by molar-refractivity contribution is -0.118. The fraction of sp³-hybridized carbons (Fsp3) is 0.200. The smallest absolute Gasteiger partial charge is 0.230 e. The first-order chi connectivity index (χ1) is 11.2. The summed E-state index contributed by atoms with van der Waals surface area (Å²) in [4.78, 5) is 16.0. The van der Waals surface area contributed by atoms with Gasteiger partial charge in [0.2, 0.25) is 11.1 Å². The zero-order valence-corrected chi connectivity index (χ0v) is 13.4. The molecule has 0 radical (unpaired) electrons. The standard InChI is InChI=1S/C15H16N6OS/c1-10-18-15(21-19-10)23-9-14(22)16-8-11-2-4-12(5-3-11)13-6-7-17-20-13/h2-7H,8-9H2,1H3,(H,16,22)(H,17,20)(H,18,19,21). The molecule has 118 valence electrons. The summed E-state index contributed by atoms with van der Waals surface area (Å²) in [5.41, 5.74) is 3.08. The molecule has 0 spiro atoms. The maximum absolute atomic E-state index is 11.8. The van der Waals surface area contributed by atoms with Crippen LogP contribution < -0.4 is 5.32 Å². The molecule has 8 heteroatoms. The molecule has 0 saturated heterocycles. The van der Waals surface area contributed by atoms with Crippen molar-refractivity contribution in [2.75, 3.05) is 5.75 Å². The largest absolute Gasteiger partial charge is 0.351 e. The Morgan fingerprint density at radius 1 is 1.22 bits per heavy atom. The minimum atomic E-state index is -0.0462. The molecule has 0 fully saturated rings. The highest BCUT2D eigenvalue weighted by Crippen LogP contribution is 2.16. The summed E-state index contributed by atoms with van der Waals surface area (Å²) in [6, 6.07) is 9.89. The van der Waals surface area contributed by atoms with Crippen LogP contribution in [-0.2, 0) is 11.3 Å². The molecule has 0 bridgehead atoms. The molecule has 3 rings (SSSR count). The third kappa shape index (κ3) is 4.19. The van der Waals surface area contributed by atoms with Crippen molar-refractivity contribution in [2.24, 2.45) is 0 Å². The molecule has 23 heavy (non-hydrogen) atoms. The zero-order chi connectivity index (χ0) is 16.1. The highest BCUT2D eigenvalue weighted by atomic mass is 32.2. The molecule has 0 unspecified atom stereocenters. The van der Waals surface area contributed by atoms with Crippen molar-refractivity contribution in [2.45, 2.75) is 18.6 Å². The third-order valence-electron chi connectivity index (χ3n) is 3.16. The average Bonchev–Trinajstić information content (AvgIpc) is 3.23. The minimum absolute atomic E-state index is 0.0462. The predicted octanol–water partition coefficient (Wildman–Crippen LogP) is 1.91. The summed E-state index contributed by atoms with van der Waals surface area (Å²) >= 11 is 1.31. The number of thioether (sulfide) groups is 1. The lowest BCUT2D eigenvalue weighted by atomic mass is 10.1. The van der Waals surface area contributed by atoms with Gasteiger partial charge in [0.25, 0.3) is 0 Å². The fourth-order valence-electron chi connectivity index (χ4n) is 1.99. The maximum Gasteiger partial charge on any atom is 0.230 e. The summed E-state index contributed by atoms with van der Waals surface area (Å²) in [5, 5.41) is 17.0. The van der Waals surface area contributed by atoms with E-state index in [0.717, 1.165) is 22.6 Å². The number of hydrogen-bond acceptors (Lipinski definition) is 5. The van der Waals surface area contributed by atoms with Crippen molar-refractivity contribution in [3.8, 4) is 11.3 Å². The monoisotopic (exact) mass is 328 g/mol. The molecular formula is C15H16N6OS. The molecule has 7 nitrogen and oxygen atoms in total. The van der Waals surface area contributed by atoms with Crippen LogP contribution in [0.2, 0.25) is 0 Å². The molecule has 0 saturated carbocycles. The molecule has 0 atom stereocenters. The Morgan fingerprint density at radius 3 is 2.70 bits per heavy atom. The number of aromatic nitrogens is 5. The zero-order valence-electron chi connectivity index (χ0n) is 12.5. The molecule has 2 heterocycles. The van der Waals surface area contributed by atoms with Crippen LogP contribution in [0, 0.1) is 6.92 Å². The van der Waals surface area contributed by atoms with Crippen LogP contribution in [0.4, 0.5) is 0 Å². The number of carbonyl (C=O) groups excluding carboxylic acids is 1. The van der Waals surface area contributed by atoms with E-state index in [4.69, 9.17) is 0 Å². The molecule has 0 aliphatic rings. The summed E-state index contributed by atoms with van der Waals surface area (Å²) < 4.78 is 0. The number of aromatic amines is 2. The van der Waals surface area contributed by atoms with Crippen LogP contribution in [-0.4, -0.2) is 37.0 Å². The number of nitrogens with zero attached hydrogens (tertiary/aromatic N) is 3. The molecule has 3 N–H and O–H groups in total. The number of benzene rings is 1. The average molecular weight is 328 g/mol. The molecule has 0 aliphatic heterocycles. The molecule has 1 amide bonds. The number of rotatable bonds is 6. The Hall–Kier alpha value is -2.61. The number of amides is 1. The van der Waals surface area contributed by atoms with Crippen LogP contribution in [0.15, 0.2) is 41.7 Å². The number of aryl methyl sites for hydroxylation is 1. The van der Waals surface area contributed by atoms with Crippen LogP contribution in [0.3, 0.4) is 0 Å². The van der Waals surface area contributed by atoms with E-state index in [0.29, 0.717) is 17.5 Å². The second-order valence-corrected chi connectivity index (χ2v) is 5.88. The third-order valence-corrected chi connectivity index (χ3v) is 4.01. The highest BCUT2D eigenvalue weighted by Gasteiger charge is 2.06. The van der Waals surface area contributed by atoms with Crippen molar-refractivity contribution >= 4 is 17.7 Å². The van der Waals surface area contributed by atoms with Gasteiger partial charge in [0.15, 0.2) is 0 Å². The molecule has 0 aliphatic carbocycles. The van der Waals surface area contributed by atoms with Crippen molar-refractivity contribution < 1.29 is 4.79 Å². The van der Waals surface area contributed by atoms with Gasteiger partial charge in [-0.05, 0) is 24.1 Å². The van der Waals surface area contributed by atoms with Crippen molar-refractivity contribution in [3.63, 3.8) is 0 Å². The Labute approximate surface area is 137 Å². The number of carbonyl (C=O) groups is 1. The van der Waals surface area contributed by atoms with E-state index >= 15 is 0 Å². The second kappa shape index (κ2) is 7.10. The van der Waals surface area contributed by atoms with Gasteiger partial charge < -0.3 is 5.32 Å². The molecule has 2 aromatic heterocycles. The van der Waals surface area contributed by atoms with E-state index in [9.17, 15) is 4.79 Å². The van der Waals surface area contributed by atoms with E-state index in [-0.39, 0.29) is 5.91 Å². The Bertz CT molecular complexity index is 766. The predicted molar refractivity (Wildman–Crippen MR) is 87.7 cm³/mol. The SMILES string of the molecule is Cc1nc(SCC(=O)NCc2ccc(-c3ccn[nH]3)cc2)n[nH]1. The Kier molecular flexibility index (Phi) is 4.72. The Balaban J connectivity index is 1.47. The first kappa shape index (κ1) is 15.3. The van der Waals surface area contributed by atoms with Gasteiger partial charge in [0.1, 0.15) is 5.82 Å². The first-order valence-corrected chi connectivity index (χ1v) is 8.06. The number of nitrogens with one attached hydrogen (secondary N) is 3. The van der Waals surface area contributed by atoms with Crippen LogP contribution >= 0.6 is 11.8 Å². The maximum atomic E-state index is 11.8. The topological polar surface area (TPSA) is 99.3 Å².